The summed E-state index contributed by atoms with van der Waals surface area (Å²) < 4.78 is 52.7. The van der Waals surface area contributed by atoms with Gasteiger partial charge in [0.1, 0.15) is 5.82 Å². The summed E-state index contributed by atoms with van der Waals surface area (Å²) in [7, 11) is 0. The predicted octanol–water partition coefficient (Wildman–Crippen LogP) is 2.91. The Morgan fingerprint density at radius 3 is 2.56 bits per heavy atom. The number of carbonyl (C=O) groups excluding carboxylic acids is 1. The number of halogens is 4. The van der Waals surface area contributed by atoms with Crippen molar-refractivity contribution in [3.05, 3.63) is 29.6 Å². The van der Waals surface area contributed by atoms with E-state index in [-0.39, 0.29) is 24.3 Å². The van der Waals surface area contributed by atoms with Crippen LogP contribution in [0.4, 0.5) is 23.2 Å². The molecule has 0 radical (unpaired) electrons. The zero-order chi connectivity index (χ0) is 13.8. The van der Waals surface area contributed by atoms with E-state index in [1.807, 2.05) is 0 Å². The van der Waals surface area contributed by atoms with E-state index in [4.69, 9.17) is 5.73 Å². The molecule has 0 saturated carbocycles. The fourth-order valence-electron chi connectivity index (χ4n) is 1.23. The second-order valence-corrected chi connectivity index (χ2v) is 3.59. The first-order chi connectivity index (χ1) is 8.29. The molecule has 1 rings (SSSR count). The number of alkyl halides is 3. The largest absolute Gasteiger partial charge is 0.462 e. The number of anilines is 1. The summed E-state index contributed by atoms with van der Waals surface area (Å²) in [5, 5.41) is 0. The summed E-state index contributed by atoms with van der Waals surface area (Å²) in [6.07, 6.45) is -5.63. The minimum Gasteiger partial charge on any atom is -0.462 e. The Bertz CT molecular complexity index is 432. The van der Waals surface area contributed by atoms with E-state index in [0.717, 1.165) is 18.2 Å². The van der Waals surface area contributed by atoms with E-state index in [2.05, 4.69) is 4.74 Å². The average molecular weight is 265 g/mol. The highest BCUT2D eigenvalue weighted by atomic mass is 19.4. The van der Waals surface area contributed by atoms with Crippen molar-refractivity contribution in [1.82, 2.24) is 0 Å². The Balaban J connectivity index is 2.46. The van der Waals surface area contributed by atoms with Crippen LogP contribution < -0.4 is 5.73 Å². The monoisotopic (exact) mass is 265 g/mol. The Hall–Kier alpha value is -1.79. The first-order valence-corrected chi connectivity index (χ1v) is 5.08. The maximum absolute atomic E-state index is 12.7. The summed E-state index contributed by atoms with van der Waals surface area (Å²) in [4.78, 5) is 11.4. The quantitative estimate of drug-likeness (QED) is 0.394. The van der Waals surface area contributed by atoms with Gasteiger partial charge in [0, 0.05) is 12.1 Å². The Kier molecular flexibility index (Phi) is 4.52. The van der Waals surface area contributed by atoms with Crippen molar-refractivity contribution in [2.45, 2.75) is 19.0 Å². The van der Waals surface area contributed by atoms with Crippen molar-refractivity contribution < 1.29 is 27.1 Å². The lowest BCUT2D eigenvalue weighted by molar-refractivity contribution is -0.137. The highest BCUT2D eigenvalue weighted by molar-refractivity contribution is 5.94. The van der Waals surface area contributed by atoms with Crippen molar-refractivity contribution in [3.63, 3.8) is 0 Å². The van der Waals surface area contributed by atoms with Crippen LogP contribution in [0.1, 0.15) is 23.2 Å². The van der Waals surface area contributed by atoms with Crippen LogP contribution in [0.3, 0.4) is 0 Å². The van der Waals surface area contributed by atoms with Gasteiger partial charge in [0.15, 0.2) is 0 Å². The minimum atomic E-state index is -4.28. The molecule has 0 amide bonds. The van der Waals surface area contributed by atoms with E-state index in [1.165, 1.54) is 0 Å². The molecule has 100 valence electrons. The molecule has 0 aliphatic heterocycles. The van der Waals surface area contributed by atoms with Gasteiger partial charge >= 0.3 is 12.1 Å². The number of carbonyl (C=O) groups is 1. The molecule has 0 heterocycles. The van der Waals surface area contributed by atoms with Crippen LogP contribution in [0.5, 0.6) is 0 Å². The zero-order valence-electron chi connectivity index (χ0n) is 9.26. The number of nitrogens with two attached hydrogens (primary N) is 1. The highest BCUT2D eigenvalue weighted by Gasteiger charge is 2.26. The van der Waals surface area contributed by atoms with E-state index >= 15 is 0 Å². The van der Waals surface area contributed by atoms with Crippen LogP contribution in [0.25, 0.3) is 0 Å². The molecule has 18 heavy (non-hydrogen) atoms. The van der Waals surface area contributed by atoms with Crippen LogP contribution in [-0.4, -0.2) is 18.8 Å². The minimum absolute atomic E-state index is 0.0663. The number of hydrogen-bond donors (Lipinski definition) is 1. The Morgan fingerprint density at radius 2 is 2.00 bits per heavy atom. The van der Waals surface area contributed by atoms with Gasteiger partial charge in [0.2, 0.25) is 0 Å². The molecule has 0 aliphatic carbocycles. The molecule has 0 bridgehead atoms. The van der Waals surface area contributed by atoms with Crippen LogP contribution >= 0.6 is 0 Å². The second-order valence-electron chi connectivity index (χ2n) is 3.59. The lowest BCUT2D eigenvalue weighted by Crippen LogP contribution is -2.12. The summed E-state index contributed by atoms with van der Waals surface area (Å²) in [5.74, 6) is -1.48. The topological polar surface area (TPSA) is 52.3 Å². The van der Waals surface area contributed by atoms with Gasteiger partial charge in [-0.05, 0) is 24.6 Å². The van der Waals surface area contributed by atoms with Gasteiger partial charge in [-0.3, -0.25) is 0 Å². The number of ether oxygens (including phenoxy) is 1. The lowest BCUT2D eigenvalue weighted by atomic mass is 10.2. The number of nitrogen functional groups attached to an aromatic ring is 1. The van der Waals surface area contributed by atoms with Gasteiger partial charge in [-0.1, -0.05) is 0 Å². The lowest BCUT2D eigenvalue weighted by Gasteiger charge is -2.08. The summed E-state index contributed by atoms with van der Waals surface area (Å²) in [6.45, 7) is -0.366. The normalized spacial score (nSPS) is 11.3. The second kappa shape index (κ2) is 5.70. The highest BCUT2D eigenvalue weighted by Crippen LogP contribution is 2.21. The summed E-state index contributed by atoms with van der Waals surface area (Å²) >= 11 is 0. The number of hydrogen-bond acceptors (Lipinski definition) is 3. The number of benzene rings is 1. The molecule has 0 saturated heterocycles. The SMILES string of the molecule is Nc1cc(F)ccc1C(=O)OCCCC(F)(F)F. The molecule has 0 spiro atoms. The third kappa shape index (κ3) is 4.60. The van der Waals surface area contributed by atoms with Gasteiger partial charge < -0.3 is 10.5 Å². The van der Waals surface area contributed by atoms with E-state index in [1.54, 1.807) is 0 Å². The van der Waals surface area contributed by atoms with Crippen molar-refractivity contribution in [3.8, 4) is 0 Å². The summed E-state index contributed by atoms with van der Waals surface area (Å²) in [5.41, 5.74) is 5.19. The van der Waals surface area contributed by atoms with Gasteiger partial charge in [0.25, 0.3) is 0 Å². The maximum atomic E-state index is 12.7. The third-order valence-electron chi connectivity index (χ3n) is 2.07. The molecule has 2 N–H and O–H groups in total. The van der Waals surface area contributed by atoms with Crippen LogP contribution in [0, 0.1) is 5.82 Å². The van der Waals surface area contributed by atoms with Gasteiger partial charge in [0.05, 0.1) is 12.2 Å². The van der Waals surface area contributed by atoms with Crippen LogP contribution in [0.15, 0.2) is 18.2 Å². The molecule has 7 heteroatoms. The maximum Gasteiger partial charge on any atom is 0.389 e. The van der Waals surface area contributed by atoms with E-state index in [0.29, 0.717) is 0 Å². The van der Waals surface area contributed by atoms with Gasteiger partial charge in [-0.2, -0.15) is 13.2 Å². The van der Waals surface area contributed by atoms with Gasteiger partial charge in [-0.25, -0.2) is 9.18 Å². The predicted molar refractivity (Wildman–Crippen MR) is 56.4 cm³/mol. The Morgan fingerprint density at radius 1 is 1.33 bits per heavy atom. The first kappa shape index (κ1) is 14.3. The summed E-state index contributed by atoms with van der Waals surface area (Å²) in [6, 6.07) is 3.08. The van der Waals surface area contributed by atoms with Crippen molar-refractivity contribution in [2.24, 2.45) is 0 Å². The molecule has 1 aromatic rings. The molecule has 0 aliphatic rings. The standard InChI is InChI=1S/C11H11F4NO2/c12-7-2-3-8(9(16)6-7)10(17)18-5-1-4-11(13,14)15/h2-3,6H,1,4-5,16H2. The Labute approximate surface area is 101 Å². The molecule has 3 nitrogen and oxygen atoms in total. The van der Waals surface area contributed by atoms with Crippen molar-refractivity contribution in [2.75, 3.05) is 12.3 Å². The van der Waals surface area contributed by atoms with Crippen molar-refractivity contribution >= 4 is 11.7 Å². The molecule has 0 unspecified atom stereocenters. The third-order valence-corrected chi connectivity index (χ3v) is 2.07. The molecular weight excluding hydrogens is 254 g/mol. The zero-order valence-corrected chi connectivity index (χ0v) is 9.26. The fourth-order valence-corrected chi connectivity index (χ4v) is 1.23. The molecule has 1 aromatic carbocycles. The average Bonchev–Trinajstić information content (AvgIpc) is 2.22. The number of rotatable bonds is 4. The molecular formula is C11H11F4NO2. The van der Waals surface area contributed by atoms with Crippen molar-refractivity contribution in [1.29, 1.82) is 0 Å². The van der Waals surface area contributed by atoms with Gasteiger partial charge in [-0.15, -0.1) is 0 Å². The van der Waals surface area contributed by atoms with E-state index < -0.39 is 24.4 Å². The molecule has 0 aromatic heterocycles. The van der Waals surface area contributed by atoms with E-state index in [9.17, 15) is 22.4 Å². The smallest absolute Gasteiger partial charge is 0.389 e. The van der Waals surface area contributed by atoms with Crippen LogP contribution in [-0.2, 0) is 4.74 Å². The fraction of sp³-hybridized carbons (Fsp3) is 0.364. The van der Waals surface area contributed by atoms with Crippen LogP contribution in [0.2, 0.25) is 0 Å². The molecule has 0 atom stereocenters. The number of esters is 1. The molecule has 0 fully saturated rings. The first-order valence-electron chi connectivity index (χ1n) is 5.08.